The van der Waals surface area contributed by atoms with Crippen LogP contribution in [-0.4, -0.2) is 13.2 Å². The van der Waals surface area contributed by atoms with E-state index in [-0.39, 0.29) is 0 Å². The molecular formula is C14H17Cl2NO2. The molecule has 19 heavy (non-hydrogen) atoms. The summed E-state index contributed by atoms with van der Waals surface area (Å²) in [4.78, 5) is 0. The third-order valence-corrected chi connectivity index (χ3v) is 3.49. The fourth-order valence-corrected chi connectivity index (χ4v) is 2.43. The summed E-state index contributed by atoms with van der Waals surface area (Å²) in [5, 5.41) is 5.36. The molecule has 0 bridgehead atoms. The van der Waals surface area contributed by atoms with Crippen LogP contribution in [0.3, 0.4) is 0 Å². The van der Waals surface area contributed by atoms with Gasteiger partial charge in [-0.15, -0.1) is 0 Å². The number of ether oxygens (including phenoxy) is 1. The Morgan fingerprint density at radius 3 is 2.58 bits per heavy atom. The van der Waals surface area contributed by atoms with Crippen molar-refractivity contribution in [3.63, 3.8) is 0 Å². The Morgan fingerprint density at radius 2 is 1.95 bits per heavy atom. The summed E-state index contributed by atoms with van der Waals surface area (Å²) in [5.41, 5.74) is 1.58. The molecule has 0 aliphatic carbocycles. The van der Waals surface area contributed by atoms with Gasteiger partial charge in [-0.1, -0.05) is 37.0 Å². The Kier molecular flexibility index (Phi) is 4.74. The van der Waals surface area contributed by atoms with Gasteiger partial charge in [0.05, 0.1) is 23.2 Å². The second-order valence-corrected chi connectivity index (χ2v) is 5.52. The van der Waals surface area contributed by atoms with Crippen LogP contribution in [0.15, 0.2) is 16.5 Å². The van der Waals surface area contributed by atoms with Crippen LogP contribution >= 0.6 is 23.2 Å². The number of methoxy groups -OCH3 is 1. The standard InChI is InChI=1S/C14H17Cl2NO2/c1-8(2)17-6-12-9(7-18-3)13-10(15)4-5-11(16)14(13)19-12/h4-5,8,17H,6-7H2,1-3H3. The number of rotatable bonds is 5. The summed E-state index contributed by atoms with van der Waals surface area (Å²) < 4.78 is 11.1. The first-order valence-electron chi connectivity index (χ1n) is 6.15. The van der Waals surface area contributed by atoms with Crippen molar-refractivity contribution in [3.05, 3.63) is 33.5 Å². The molecule has 0 saturated heterocycles. The molecule has 3 nitrogen and oxygen atoms in total. The van der Waals surface area contributed by atoms with Crippen LogP contribution in [0.4, 0.5) is 0 Å². The average molecular weight is 302 g/mol. The summed E-state index contributed by atoms with van der Waals surface area (Å²) >= 11 is 12.4. The van der Waals surface area contributed by atoms with Crippen molar-refractivity contribution in [3.8, 4) is 0 Å². The van der Waals surface area contributed by atoms with E-state index in [2.05, 4.69) is 19.2 Å². The van der Waals surface area contributed by atoms with Gasteiger partial charge in [-0.25, -0.2) is 0 Å². The van der Waals surface area contributed by atoms with E-state index < -0.39 is 0 Å². The predicted molar refractivity (Wildman–Crippen MR) is 78.9 cm³/mol. The van der Waals surface area contributed by atoms with E-state index in [0.29, 0.717) is 34.8 Å². The fourth-order valence-electron chi connectivity index (χ4n) is 1.98. The van der Waals surface area contributed by atoms with Crippen molar-refractivity contribution in [2.45, 2.75) is 33.0 Å². The van der Waals surface area contributed by atoms with Crippen molar-refractivity contribution in [1.29, 1.82) is 0 Å². The molecule has 0 unspecified atom stereocenters. The van der Waals surface area contributed by atoms with Gasteiger partial charge in [-0.05, 0) is 12.1 Å². The van der Waals surface area contributed by atoms with Crippen molar-refractivity contribution < 1.29 is 9.15 Å². The SMILES string of the molecule is COCc1c(CNC(C)C)oc2c(Cl)ccc(Cl)c12. The lowest BCUT2D eigenvalue weighted by Crippen LogP contribution is -2.22. The minimum absolute atomic E-state index is 0.370. The maximum absolute atomic E-state index is 6.25. The van der Waals surface area contributed by atoms with Crippen LogP contribution in [-0.2, 0) is 17.9 Å². The van der Waals surface area contributed by atoms with Crippen molar-refractivity contribution in [2.75, 3.05) is 7.11 Å². The monoisotopic (exact) mass is 301 g/mol. The van der Waals surface area contributed by atoms with E-state index >= 15 is 0 Å². The van der Waals surface area contributed by atoms with Gasteiger partial charge >= 0.3 is 0 Å². The minimum Gasteiger partial charge on any atom is -0.458 e. The normalized spacial score (nSPS) is 11.7. The molecule has 5 heteroatoms. The van der Waals surface area contributed by atoms with Crippen LogP contribution in [0.1, 0.15) is 25.2 Å². The molecule has 0 aliphatic rings. The number of halogens is 2. The van der Waals surface area contributed by atoms with Crippen LogP contribution in [0.5, 0.6) is 0 Å². The van der Waals surface area contributed by atoms with E-state index in [4.69, 9.17) is 32.4 Å². The highest BCUT2D eigenvalue weighted by molar-refractivity contribution is 6.40. The Labute approximate surface area is 122 Å². The average Bonchev–Trinajstić information content (AvgIpc) is 2.72. The first-order chi connectivity index (χ1) is 9.04. The summed E-state index contributed by atoms with van der Waals surface area (Å²) in [7, 11) is 1.65. The molecule has 1 N–H and O–H groups in total. The molecule has 0 atom stereocenters. The quantitative estimate of drug-likeness (QED) is 0.890. The van der Waals surface area contributed by atoms with Gasteiger partial charge in [-0.2, -0.15) is 0 Å². The molecule has 0 amide bonds. The Balaban J connectivity index is 2.53. The van der Waals surface area contributed by atoms with Gasteiger partial charge in [0.1, 0.15) is 5.76 Å². The number of nitrogens with one attached hydrogen (secondary N) is 1. The van der Waals surface area contributed by atoms with Gasteiger partial charge in [-0.3, -0.25) is 0 Å². The van der Waals surface area contributed by atoms with Crippen LogP contribution in [0.2, 0.25) is 10.0 Å². The lowest BCUT2D eigenvalue weighted by atomic mass is 10.1. The molecule has 0 saturated carbocycles. The maximum Gasteiger partial charge on any atom is 0.154 e. The van der Waals surface area contributed by atoms with Gasteiger partial charge in [0, 0.05) is 24.1 Å². The van der Waals surface area contributed by atoms with Crippen molar-refractivity contribution in [2.24, 2.45) is 0 Å². The fraction of sp³-hybridized carbons (Fsp3) is 0.429. The molecule has 1 aromatic carbocycles. The lowest BCUT2D eigenvalue weighted by Gasteiger charge is -2.07. The van der Waals surface area contributed by atoms with Crippen molar-refractivity contribution >= 4 is 34.2 Å². The predicted octanol–water partition coefficient (Wildman–Crippen LogP) is 4.38. The number of hydrogen-bond acceptors (Lipinski definition) is 3. The largest absolute Gasteiger partial charge is 0.458 e. The second-order valence-electron chi connectivity index (χ2n) is 4.71. The van der Waals surface area contributed by atoms with Gasteiger partial charge in [0.2, 0.25) is 0 Å². The minimum atomic E-state index is 0.370. The summed E-state index contributed by atoms with van der Waals surface area (Å²) in [6.45, 7) is 5.23. The van der Waals surface area contributed by atoms with Gasteiger partial charge in [0.25, 0.3) is 0 Å². The van der Waals surface area contributed by atoms with E-state index in [1.165, 1.54) is 0 Å². The number of benzene rings is 1. The number of furan rings is 1. The smallest absolute Gasteiger partial charge is 0.154 e. The molecule has 1 aromatic heterocycles. The number of hydrogen-bond donors (Lipinski definition) is 1. The summed E-state index contributed by atoms with van der Waals surface area (Å²) in [5.74, 6) is 0.820. The molecular weight excluding hydrogens is 285 g/mol. The molecule has 104 valence electrons. The van der Waals surface area contributed by atoms with Crippen LogP contribution in [0.25, 0.3) is 11.0 Å². The topological polar surface area (TPSA) is 34.4 Å². The maximum atomic E-state index is 6.25. The number of fused-ring (bicyclic) bond motifs is 1. The van der Waals surface area contributed by atoms with Gasteiger partial charge < -0.3 is 14.5 Å². The second kappa shape index (κ2) is 6.14. The van der Waals surface area contributed by atoms with E-state index in [1.807, 2.05) is 0 Å². The highest BCUT2D eigenvalue weighted by Crippen LogP contribution is 2.36. The zero-order valence-electron chi connectivity index (χ0n) is 11.2. The molecule has 0 aliphatic heterocycles. The van der Waals surface area contributed by atoms with E-state index in [1.54, 1.807) is 19.2 Å². The first kappa shape index (κ1) is 14.7. The van der Waals surface area contributed by atoms with Gasteiger partial charge in [0.15, 0.2) is 5.58 Å². The lowest BCUT2D eigenvalue weighted by molar-refractivity contribution is 0.183. The Hall–Kier alpha value is -0.740. The van der Waals surface area contributed by atoms with E-state index in [0.717, 1.165) is 16.7 Å². The van der Waals surface area contributed by atoms with Crippen LogP contribution in [0, 0.1) is 0 Å². The highest BCUT2D eigenvalue weighted by Gasteiger charge is 2.18. The molecule has 2 rings (SSSR count). The third-order valence-electron chi connectivity index (χ3n) is 2.88. The molecule has 0 radical (unpaired) electrons. The van der Waals surface area contributed by atoms with Crippen LogP contribution < -0.4 is 5.32 Å². The molecule has 1 heterocycles. The van der Waals surface area contributed by atoms with E-state index in [9.17, 15) is 0 Å². The zero-order chi connectivity index (χ0) is 14.0. The Bertz CT molecular complexity index is 578. The first-order valence-corrected chi connectivity index (χ1v) is 6.90. The highest BCUT2D eigenvalue weighted by atomic mass is 35.5. The summed E-state index contributed by atoms with van der Waals surface area (Å²) in [6.07, 6.45) is 0. The van der Waals surface area contributed by atoms with Crippen molar-refractivity contribution in [1.82, 2.24) is 5.32 Å². The molecule has 0 spiro atoms. The zero-order valence-corrected chi connectivity index (χ0v) is 12.7. The summed E-state index contributed by atoms with van der Waals surface area (Å²) in [6, 6.07) is 3.89. The molecule has 0 fully saturated rings. The molecule has 2 aromatic rings. The Morgan fingerprint density at radius 1 is 1.26 bits per heavy atom. The third kappa shape index (κ3) is 3.06.